The molecule has 2 rings (SSSR count). The summed E-state index contributed by atoms with van der Waals surface area (Å²) in [7, 11) is 0. The van der Waals surface area contributed by atoms with Crippen LogP contribution in [0.4, 0.5) is 9.18 Å². The molecule has 0 bridgehead atoms. The van der Waals surface area contributed by atoms with Crippen LogP contribution in [0, 0.1) is 5.82 Å². The summed E-state index contributed by atoms with van der Waals surface area (Å²) in [5.41, 5.74) is 0.164. The summed E-state index contributed by atoms with van der Waals surface area (Å²) in [5, 5.41) is 0. The van der Waals surface area contributed by atoms with Gasteiger partial charge in [-0.3, -0.25) is 4.90 Å². The highest BCUT2D eigenvalue weighted by Crippen LogP contribution is 2.23. The van der Waals surface area contributed by atoms with Gasteiger partial charge in [0.2, 0.25) is 0 Å². The van der Waals surface area contributed by atoms with Gasteiger partial charge in [-0.15, -0.1) is 0 Å². The molecule has 1 saturated heterocycles. The van der Waals surface area contributed by atoms with Gasteiger partial charge in [0.25, 0.3) is 0 Å². The fourth-order valence-corrected chi connectivity index (χ4v) is 3.14. The lowest BCUT2D eigenvalue weighted by molar-refractivity contribution is 0.000416. The maximum Gasteiger partial charge on any atom is 0.410 e. The molecule has 1 aliphatic heterocycles. The largest absolute Gasteiger partial charge is 0.444 e. The molecule has 23 heavy (non-hydrogen) atoms. The van der Waals surface area contributed by atoms with Gasteiger partial charge in [0.15, 0.2) is 0 Å². The van der Waals surface area contributed by atoms with Gasteiger partial charge in [-0.25, -0.2) is 9.18 Å². The second-order valence-electron chi connectivity index (χ2n) is 6.96. The number of nitrogens with zero attached hydrogens (tertiary/aromatic N) is 2. The van der Waals surface area contributed by atoms with Crippen molar-refractivity contribution in [2.45, 2.75) is 45.9 Å². The Kier molecular flexibility index (Phi) is 5.68. The second-order valence-corrected chi connectivity index (χ2v) is 7.81. The Morgan fingerprint density at radius 2 is 2.09 bits per heavy atom. The molecule has 1 aliphatic rings. The first-order valence-electron chi connectivity index (χ1n) is 7.82. The maximum atomic E-state index is 14.0. The van der Waals surface area contributed by atoms with Crippen molar-refractivity contribution in [2.75, 3.05) is 19.6 Å². The third kappa shape index (κ3) is 4.91. The number of halogens is 2. The van der Waals surface area contributed by atoms with E-state index in [1.807, 2.05) is 33.8 Å². The SMILES string of the molecule is CC1CN(Cc2c(F)cccc2Br)CCN1C(=O)OC(C)(C)C. The smallest absolute Gasteiger partial charge is 0.410 e. The van der Waals surface area contributed by atoms with Crippen molar-refractivity contribution in [1.82, 2.24) is 9.80 Å². The maximum absolute atomic E-state index is 14.0. The number of rotatable bonds is 2. The standard InChI is InChI=1S/C17H24BrFN2O2/c1-12-10-20(11-13-14(18)6-5-7-15(13)19)8-9-21(12)16(22)23-17(2,3)4/h5-7,12H,8-11H2,1-4H3. The normalized spacial score (nSPS) is 19.7. The van der Waals surface area contributed by atoms with Crippen LogP contribution < -0.4 is 0 Å². The lowest BCUT2D eigenvalue weighted by Crippen LogP contribution is -2.54. The molecular weight excluding hydrogens is 363 g/mol. The summed E-state index contributed by atoms with van der Waals surface area (Å²) in [4.78, 5) is 16.1. The minimum Gasteiger partial charge on any atom is -0.444 e. The van der Waals surface area contributed by atoms with Gasteiger partial charge in [-0.05, 0) is 39.8 Å². The average Bonchev–Trinajstić information content (AvgIpc) is 2.41. The molecule has 1 amide bonds. The van der Waals surface area contributed by atoms with E-state index in [1.165, 1.54) is 6.07 Å². The number of hydrogen-bond acceptors (Lipinski definition) is 3. The zero-order valence-corrected chi connectivity index (χ0v) is 15.7. The van der Waals surface area contributed by atoms with E-state index in [1.54, 1.807) is 11.0 Å². The zero-order chi connectivity index (χ0) is 17.2. The molecule has 0 radical (unpaired) electrons. The van der Waals surface area contributed by atoms with E-state index >= 15 is 0 Å². The molecule has 1 aromatic rings. The average molecular weight is 387 g/mol. The minimum atomic E-state index is -0.494. The van der Waals surface area contributed by atoms with Crippen molar-refractivity contribution < 1.29 is 13.9 Å². The number of amides is 1. The summed E-state index contributed by atoms with van der Waals surface area (Å²) >= 11 is 3.41. The van der Waals surface area contributed by atoms with E-state index in [4.69, 9.17) is 4.74 Å². The van der Waals surface area contributed by atoms with Crippen molar-refractivity contribution in [3.8, 4) is 0 Å². The Balaban J connectivity index is 1.97. The number of benzene rings is 1. The number of carbonyl (C=O) groups is 1. The van der Waals surface area contributed by atoms with Crippen LogP contribution in [0.2, 0.25) is 0 Å². The highest BCUT2D eigenvalue weighted by atomic mass is 79.9. The zero-order valence-electron chi connectivity index (χ0n) is 14.1. The number of piperazine rings is 1. The summed E-state index contributed by atoms with van der Waals surface area (Å²) in [6.07, 6.45) is -0.281. The van der Waals surface area contributed by atoms with E-state index in [9.17, 15) is 9.18 Å². The van der Waals surface area contributed by atoms with Gasteiger partial charge in [0.05, 0.1) is 0 Å². The number of carbonyl (C=O) groups excluding carboxylic acids is 1. The van der Waals surface area contributed by atoms with Crippen LogP contribution in [0.1, 0.15) is 33.3 Å². The molecular formula is C17H24BrFN2O2. The van der Waals surface area contributed by atoms with Crippen LogP contribution in [0.25, 0.3) is 0 Å². The Labute approximate surface area is 145 Å². The molecule has 0 aliphatic carbocycles. The molecule has 0 aromatic heterocycles. The topological polar surface area (TPSA) is 32.8 Å². The molecule has 6 heteroatoms. The van der Waals surface area contributed by atoms with E-state index < -0.39 is 5.60 Å². The molecule has 1 unspecified atom stereocenters. The van der Waals surface area contributed by atoms with E-state index in [2.05, 4.69) is 20.8 Å². The third-order valence-electron chi connectivity index (χ3n) is 3.78. The summed E-state index contributed by atoms with van der Waals surface area (Å²) in [5.74, 6) is -0.207. The van der Waals surface area contributed by atoms with Crippen LogP contribution in [0.3, 0.4) is 0 Å². The van der Waals surface area contributed by atoms with Gasteiger partial charge in [0, 0.05) is 42.3 Å². The monoisotopic (exact) mass is 386 g/mol. The Morgan fingerprint density at radius 3 is 2.65 bits per heavy atom. The molecule has 1 aromatic carbocycles. The quantitative estimate of drug-likeness (QED) is 0.768. The van der Waals surface area contributed by atoms with E-state index in [0.29, 0.717) is 31.7 Å². The summed E-state index contributed by atoms with van der Waals surface area (Å²) < 4.78 is 20.2. The van der Waals surface area contributed by atoms with Crippen molar-refractivity contribution in [3.05, 3.63) is 34.1 Å². The molecule has 1 fully saturated rings. The molecule has 1 atom stereocenters. The molecule has 1 heterocycles. The van der Waals surface area contributed by atoms with Gasteiger partial charge >= 0.3 is 6.09 Å². The van der Waals surface area contributed by atoms with Crippen LogP contribution in [0.15, 0.2) is 22.7 Å². The third-order valence-corrected chi connectivity index (χ3v) is 4.53. The first-order valence-corrected chi connectivity index (χ1v) is 8.61. The Hall–Kier alpha value is -1.14. The van der Waals surface area contributed by atoms with Crippen LogP contribution in [-0.2, 0) is 11.3 Å². The highest BCUT2D eigenvalue weighted by Gasteiger charge is 2.31. The summed E-state index contributed by atoms with van der Waals surface area (Å²) in [6, 6.07) is 5.04. The van der Waals surface area contributed by atoms with Crippen LogP contribution in [-0.4, -0.2) is 47.2 Å². The lowest BCUT2D eigenvalue weighted by Gasteiger charge is -2.40. The van der Waals surface area contributed by atoms with Gasteiger partial charge in [-0.2, -0.15) is 0 Å². The second kappa shape index (κ2) is 7.18. The van der Waals surface area contributed by atoms with E-state index in [0.717, 1.165) is 4.47 Å². The Bertz CT molecular complexity index is 554. The molecule has 0 N–H and O–H groups in total. The van der Waals surface area contributed by atoms with Crippen molar-refractivity contribution in [2.24, 2.45) is 0 Å². The van der Waals surface area contributed by atoms with Gasteiger partial charge in [-0.1, -0.05) is 22.0 Å². The lowest BCUT2D eigenvalue weighted by atomic mass is 10.1. The predicted molar refractivity (Wildman–Crippen MR) is 91.8 cm³/mol. The highest BCUT2D eigenvalue weighted by molar-refractivity contribution is 9.10. The van der Waals surface area contributed by atoms with Gasteiger partial charge in [0.1, 0.15) is 11.4 Å². The first-order chi connectivity index (χ1) is 10.7. The van der Waals surface area contributed by atoms with Crippen LogP contribution >= 0.6 is 15.9 Å². The van der Waals surface area contributed by atoms with Crippen molar-refractivity contribution in [3.63, 3.8) is 0 Å². The van der Waals surface area contributed by atoms with Crippen molar-refractivity contribution in [1.29, 1.82) is 0 Å². The minimum absolute atomic E-state index is 0.0316. The molecule has 4 nitrogen and oxygen atoms in total. The molecule has 128 valence electrons. The number of hydrogen-bond donors (Lipinski definition) is 0. The Morgan fingerprint density at radius 1 is 1.39 bits per heavy atom. The summed E-state index contributed by atoms with van der Waals surface area (Å²) in [6.45, 7) is 10.1. The molecule has 0 spiro atoms. The number of ether oxygens (including phenoxy) is 1. The molecule has 0 saturated carbocycles. The predicted octanol–water partition coefficient (Wildman–Crippen LogP) is 4.03. The fourth-order valence-electron chi connectivity index (χ4n) is 2.68. The van der Waals surface area contributed by atoms with Crippen molar-refractivity contribution >= 4 is 22.0 Å². The first kappa shape index (κ1) is 18.2. The fraction of sp³-hybridized carbons (Fsp3) is 0.588. The van der Waals surface area contributed by atoms with Gasteiger partial charge < -0.3 is 9.64 Å². The van der Waals surface area contributed by atoms with Crippen LogP contribution in [0.5, 0.6) is 0 Å². The van der Waals surface area contributed by atoms with E-state index in [-0.39, 0.29) is 18.0 Å².